The van der Waals surface area contributed by atoms with Gasteiger partial charge in [-0.1, -0.05) is 18.2 Å². The molecule has 1 atom stereocenters. The van der Waals surface area contributed by atoms with Gasteiger partial charge in [-0.2, -0.15) is 0 Å². The van der Waals surface area contributed by atoms with Crippen molar-refractivity contribution in [3.05, 3.63) is 51.7 Å². The molecule has 0 unspecified atom stereocenters. The average molecular weight is 371 g/mol. The predicted molar refractivity (Wildman–Crippen MR) is 105 cm³/mol. The van der Waals surface area contributed by atoms with Gasteiger partial charge in [0.2, 0.25) is 5.91 Å². The van der Waals surface area contributed by atoms with E-state index < -0.39 is 0 Å². The van der Waals surface area contributed by atoms with Gasteiger partial charge >= 0.3 is 0 Å². The topological polar surface area (TPSA) is 41.6 Å². The monoisotopic (exact) mass is 370 g/mol. The molecule has 1 aromatic carbocycles. The van der Waals surface area contributed by atoms with Crippen LogP contribution in [0.2, 0.25) is 0 Å². The largest absolute Gasteiger partial charge is 0.493 e. The Labute approximate surface area is 159 Å². The molecular formula is C21H26N2O2S. The summed E-state index contributed by atoms with van der Waals surface area (Å²) in [6.45, 7) is 4.83. The number of nitrogens with one attached hydrogen (secondary N) is 1. The van der Waals surface area contributed by atoms with Gasteiger partial charge in [-0.05, 0) is 53.9 Å². The average Bonchev–Trinajstić information content (AvgIpc) is 3.31. The first-order valence-electron chi connectivity index (χ1n) is 9.52. The number of hydrogen-bond acceptors (Lipinski definition) is 4. The fourth-order valence-electron chi connectivity index (χ4n) is 3.94. The Bertz CT molecular complexity index is 744. The van der Waals surface area contributed by atoms with Crippen LogP contribution in [0.15, 0.2) is 35.7 Å². The zero-order chi connectivity index (χ0) is 17.8. The van der Waals surface area contributed by atoms with Crippen molar-refractivity contribution in [2.24, 2.45) is 5.92 Å². The van der Waals surface area contributed by atoms with Crippen molar-refractivity contribution < 1.29 is 9.53 Å². The smallest absolute Gasteiger partial charge is 0.224 e. The number of benzene rings is 1. The van der Waals surface area contributed by atoms with Crippen LogP contribution in [0.25, 0.3) is 0 Å². The highest BCUT2D eigenvalue weighted by molar-refractivity contribution is 7.09. The van der Waals surface area contributed by atoms with Crippen LogP contribution in [0.3, 0.4) is 0 Å². The van der Waals surface area contributed by atoms with E-state index in [-0.39, 0.29) is 5.91 Å². The van der Waals surface area contributed by atoms with E-state index in [0.29, 0.717) is 12.3 Å². The van der Waals surface area contributed by atoms with E-state index in [1.165, 1.54) is 29.8 Å². The number of likely N-dealkylation sites (tertiary alicyclic amines) is 1. The summed E-state index contributed by atoms with van der Waals surface area (Å²) in [6.07, 6.45) is 3.83. The lowest BCUT2D eigenvalue weighted by molar-refractivity contribution is -0.120. The number of carbonyl (C=O) groups excluding carboxylic acids is 1. The quantitative estimate of drug-likeness (QED) is 0.849. The number of ether oxygens (including phenoxy) is 1. The Morgan fingerprint density at radius 3 is 3.19 bits per heavy atom. The third kappa shape index (κ3) is 4.46. The summed E-state index contributed by atoms with van der Waals surface area (Å²) in [6, 6.07) is 10.4. The number of amides is 1. The van der Waals surface area contributed by atoms with Crippen LogP contribution in [0, 0.1) is 5.92 Å². The maximum atomic E-state index is 12.3. The van der Waals surface area contributed by atoms with Gasteiger partial charge in [-0.25, -0.2) is 0 Å². The summed E-state index contributed by atoms with van der Waals surface area (Å²) >= 11 is 1.83. The Kier molecular flexibility index (Phi) is 5.56. The molecule has 0 aliphatic carbocycles. The lowest BCUT2D eigenvalue weighted by Crippen LogP contribution is -2.40. The maximum Gasteiger partial charge on any atom is 0.224 e. The van der Waals surface area contributed by atoms with Gasteiger partial charge in [-0.3, -0.25) is 9.69 Å². The van der Waals surface area contributed by atoms with Gasteiger partial charge in [0.15, 0.2) is 0 Å². The highest BCUT2D eigenvalue weighted by Crippen LogP contribution is 2.26. The number of rotatable bonds is 6. The molecule has 1 aromatic heterocycles. The predicted octanol–water partition coefficient (Wildman–Crippen LogP) is 3.25. The summed E-state index contributed by atoms with van der Waals surface area (Å²) in [7, 11) is 0. The van der Waals surface area contributed by atoms with Crippen LogP contribution in [-0.4, -0.2) is 37.0 Å². The van der Waals surface area contributed by atoms with Crippen molar-refractivity contribution in [3.63, 3.8) is 0 Å². The van der Waals surface area contributed by atoms with Crippen molar-refractivity contribution in [2.75, 3.05) is 26.2 Å². The van der Waals surface area contributed by atoms with Crippen molar-refractivity contribution in [1.82, 2.24) is 10.2 Å². The minimum Gasteiger partial charge on any atom is -0.493 e. The summed E-state index contributed by atoms with van der Waals surface area (Å²) in [5.41, 5.74) is 2.31. The third-order valence-electron chi connectivity index (χ3n) is 5.27. The summed E-state index contributed by atoms with van der Waals surface area (Å²) in [4.78, 5) is 16.3. The molecule has 2 aromatic rings. The van der Waals surface area contributed by atoms with Crippen LogP contribution in [0.1, 0.15) is 28.8 Å². The first-order chi connectivity index (χ1) is 12.8. The molecule has 1 amide bonds. The minimum absolute atomic E-state index is 0.124. The molecular weight excluding hydrogens is 344 g/mol. The molecule has 5 heteroatoms. The molecule has 26 heavy (non-hydrogen) atoms. The van der Waals surface area contributed by atoms with Crippen LogP contribution < -0.4 is 10.1 Å². The second kappa shape index (κ2) is 8.23. The summed E-state index contributed by atoms with van der Waals surface area (Å²) < 4.78 is 5.53. The molecule has 2 aliphatic rings. The fraction of sp³-hybridized carbons (Fsp3) is 0.476. The number of thiophene rings is 1. The number of fused-ring (bicyclic) bond motifs is 1. The molecule has 2 aliphatic heterocycles. The van der Waals surface area contributed by atoms with E-state index in [2.05, 4.69) is 33.8 Å². The summed E-state index contributed by atoms with van der Waals surface area (Å²) in [5.74, 6) is 1.66. The van der Waals surface area contributed by atoms with E-state index in [4.69, 9.17) is 4.74 Å². The van der Waals surface area contributed by atoms with Crippen molar-refractivity contribution in [3.8, 4) is 5.75 Å². The maximum absolute atomic E-state index is 12.3. The Hall–Kier alpha value is -1.85. The third-order valence-corrected chi connectivity index (χ3v) is 6.13. The highest BCUT2D eigenvalue weighted by Gasteiger charge is 2.21. The lowest BCUT2D eigenvalue weighted by Gasteiger charge is -2.32. The Morgan fingerprint density at radius 1 is 1.35 bits per heavy atom. The van der Waals surface area contributed by atoms with Gasteiger partial charge < -0.3 is 10.1 Å². The van der Waals surface area contributed by atoms with Crippen molar-refractivity contribution in [1.29, 1.82) is 0 Å². The highest BCUT2D eigenvalue weighted by atomic mass is 32.1. The lowest BCUT2D eigenvalue weighted by atomic mass is 9.97. The molecule has 0 saturated carbocycles. The molecule has 1 N–H and O–H groups in total. The van der Waals surface area contributed by atoms with Crippen LogP contribution in [0.4, 0.5) is 0 Å². The normalized spacial score (nSPS) is 19.8. The van der Waals surface area contributed by atoms with Gasteiger partial charge in [0.05, 0.1) is 13.0 Å². The van der Waals surface area contributed by atoms with E-state index in [9.17, 15) is 4.79 Å². The fourth-order valence-corrected chi connectivity index (χ4v) is 4.69. The molecule has 0 spiro atoms. The van der Waals surface area contributed by atoms with Crippen molar-refractivity contribution in [2.45, 2.75) is 32.2 Å². The number of carbonyl (C=O) groups is 1. The second-order valence-electron chi connectivity index (χ2n) is 7.34. The molecule has 138 valence electrons. The molecule has 1 fully saturated rings. The second-order valence-corrected chi connectivity index (χ2v) is 8.38. The molecule has 0 bridgehead atoms. The Morgan fingerprint density at radius 2 is 2.31 bits per heavy atom. The zero-order valence-electron chi connectivity index (χ0n) is 15.1. The van der Waals surface area contributed by atoms with Crippen molar-refractivity contribution >= 4 is 17.2 Å². The molecule has 3 heterocycles. The van der Waals surface area contributed by atoms with E-state index >= 15 is 0 Å². The minimum atomic E-state index is 0.124. The summed E-state index contributed by atoms with van der Waals surface area (Å²) in [5, 5.41) is 5.29. The number of piperidine rings is 1. The first-order valence-corrected chi connectivity index (χ1v) is 10.4. The van der Waals surface area contributed by atoms with Gasteiger partial charge in [0.25, 0.3) is 0 Å². The molecule has 4 nitrogen and oxygen atoms in total. The zero-order valence-corrected chi connectivity index (χ0v) is 15.9. The van der Waals surface area contributed by atoms with Gasteiger partial charge in [-0.15, -0.1) is 11.3 Å². The SMILES string of the molecule is O=C(Cc1ccc2c(c1)CCO2)NC[C@H]1CCCN(Cc2cccs2)C1. The van der Waals surface area contributed by atoms with E-state index in [0.717, 1.165) is 44.0 Å². The first kappa shape index (κ1) is 17.6. The van der Waals surface area contributed by atoms with Gasteiger partial charge in [0.1, 0.15) is 5.75 Å². The van der Waals surface area contributed by atoms with Crippen LogP contribution in [0.5, 0.6) is 5.75 Å². The van der Waals surface area contributed by atoms with Crippen LogP contribution >= 0.6 is 11.3 Å². The molecule has 1 saturated heterocycles. The van der Waals surface area contributed by atoms with Gasteiger partial charge in [0, 0.05) is 30.9 Å². The Balaban J connectivity index is 1.23. The number of hydrogen-bond donors (Lipinski definition) is 1. The van der Waals surface area contributed by atoms with E-state index in [1.54, 1.807) is 0 Å². The van der Waals surface area contributed by atoms with Crippen LogP contribution in [-0.2, 0) is 24.2 Å². The number of nitrogens with zero attached hydrogens (tertiary/aromatic N) is 1. The molecule has 0 radical (unpaired) electrons. The molecule has 4 rings (SSSR count). The van der Waals surface area contributed by atoms with E-state index in [1.807, 2.05) is 23.5 Å². The standard InChI is InChI=1S/C21H26N2O2S/c24-21(12-16-5-6-20-18(11-16)7-9-25-20)22-13-17-3-1-8-23(14-17)15-19-4-2-10-26-19/h2,4-6,10-11,17H,1,3,7-9,12-15H2,(H,22,24)/t17-/m1/s1.